The maximum absolute atomic E-state index is 11.5. The molecule has 1 rings (SSSR count). The molecule has 0 saturated carbocycles. The first-order chi connectivity index (χ1) is 5.50. The van der Waals surface area contributed by atoms with Crippen LogP contribution in [0.4, 0.5) is 0 Å². The standard InChI is InChI=1S/C8H10BrNO2/c1-8(2)6(11)5(3-9)4-10-7(8)12/h4H,3H2,1-2H3,(H,10,12). The number of rotatable bonds is 1. The number of nitrogens with one attached hydrogen (secondary N) is 1. The van der Waals surface area contributed by atoms with E-state index in [1.165, 1.54) is 6.20 Å². The molecule has 0 fully saturated rings. The minimum Gasteiger partial charge on any atom is -0.331 e. The fraction of sp³-hybridized carbons (Fsp3) is 0.500. The molecule has 0 aromatic carbocycles. The van der Waals surface area contributed by atoms with Crippen LogP contribution in [0.3, 0.4) is 0 Å². The molecule has 0 spiro atoms. The molecule has 1 amide bonds. The van der Waals surface area contributed by atoms with E-state index < -0.39 is 5.41 Å². The van der Waals surface area contributed by atoms with Crippen LogP contribution in [0.1, 0.15) is 13.8 Å². The zero-order chi connectivity index (χ0) is 9.35. The predicted molar refractivity (Wildman–Crippen MR) is 48.8 cm³/mol. The van der Waals surface area contributed by atoms with Crippen LogP contribution >= 0.6 is 15.9 Å². The summed E-state index contributed by atoms with van der Waals surface area (Å²) < 4.78 is 0. The third kappa shape index (κ3) is 1.31. The Morgan fingerprint density at radius 2 is 2.08 bits per heavy atom. The average molecular weight is 232 g/mol. The molecule has 0 aromatic heterocycles. The molecule has 1 heterocycles. The van der Waals surface area contributed by atoms with E-state index in [-0.39, 0.29) is 11.7 Å². The zero-order valence-electron chi connectivity index (χ0n) is 6.98. The second-order valence-electron chi connectivity index (χ2n) is 3.23. The molecule has 0 radical (unpaired) electrons. The van der Waals surface area contributed by atoms with Crippen molar-refractivity contribution in [1.82, 2.24) is 5.32 Å². The van der Waals surface area contributed by atoms with E-state index in [1.807, 2.05) is 0 Å². The number of carbonyl (C=O) groups is 2. The maximum atomic E-state index is 11.5. The van der Waals surface area contributed by atoms with Gasteiger partial charge in [0.2, 0.25) is 5.91 Å². The van der Waals surface area contributed by atoms with Crippen LogP contribution in [-0.2, 0) is 9.59 Å². The summed E-state index contributed by atoms with van der Waals surface area (Å²) in [6, 6.07) is 0. The Morgan fingerprint density at radius 1 is 1.50 bits per heavy atom. The molecule has 0 aromatic rings. The summed E-state index contributed by atoms with van der Waals surface area (Å²) >= 11 is 3.18. The number of hydrogen-bond acceptors (Lipinski definition) is 2. The van der Waals surface area contributed by atoms with Gasteiger partial charge in [0.1, 0.15) is 5.41 Å². The summed E-state index contributed by atoms with van der Waals surface area (Å²) in [5, 5.41) is 3.03. The molecular formula is C8H10BrNO2. The van der Waals surface area contributed by atoms with Crippen LogP contribution in [-0.4, -0.2) is 17.0 Å². The lowest BCUT2D eigenvalue weighted by Gasteiger charge is -2.26. The van der Waals surface area contributed by atoms with Crippen molar-refractivity contribution in [3.8, 4) is 0 Å². The first-order valence-electron chi connectivity index (χ1n) is 3.61. The van der Waals surface area contributed by atoms with Gasteiger partial charge in [-0.2, -0.15) is 0 Å². The van der Waals surface area contributed by atoms with Gasteiger partial charge in [0.05, 0.1) is 0 Å². The topological polar surface area (TPSA) is 46.2 Å². The second-order valence-corrected chi connectivity index (χ2v) is 3.79. The van der Waals surface area contributed by atoms with Crippen molar-refractivity contribution in [2.24, 2.45) is 5.41 Å². The van der Waals surface area contributed by atoms with Crippen LogP contribution in [0, 0.1) is 5.41 Å². The highest BCUT2D eigenvalue weighted by atomic mass is 79.9. The number of amides is 1. The fourth-order valence-corrected chi connectivity index (χ4v) is 1.42. The molecule has 1 aliphatic rings. The van der Waals surface area contributed by atoms with E-state index in [1.54, 1.807) is 13.8 Å². The summed E-state index contributed by atoms with van der Waals surface area (Å²) in [6.45, 7) is 3.25. The largest absolute Gasteiger partial charge is 0.331 e. The summed E-state index contributed by atoms with van der Waals surface area (Å²) in [5.41, 5.74) is -0.308. The molecule has 0 atom stereocenters. The normalized spacial score (nSPS) is 21.8. The van der Waals surface area contributed by atoms with Crippen LogP contribution in [0.15, 0.2) is 11.8 Å². The number of halogens is 1. The van der Waals surface area contributed by atoms with Crippen LogP contribution in [0.5, 0.6) is 0 Å². The predicted octanol–water partition coefficient (Wildman–Crippen LogP) is 0.990. The number of alkyl halides is 1. The molecule has 0 aliphatic carbocycles. The van der Waals surface area contributed by atoms with Crippen molar-refractivity contribution >= 4 is 27.6 Å². The zero-order valence-corrected chi connectivity index (χ0v) is 8.56. The van der Waals surface area contributed by atoms with Gasteiger partial charge >= 0.3 is 0 Å². The molecule has 12 heavy (non-hydrogen) atoms. The Bertz CT molecular complexity index is 268. The SMILES string of the molecule is CC1(C)C(=O)NC=C(CBr)C1=O. The molecule has 1 N–H and O–H groups in total. The highest BCUT2D eigenvalue weighted by Gasteiger charge is 2.39. The second kappa shape index (κ2) is 3.01. The minimum atomic E-state index is -0.919. The van der Waals surface area contributed by atoms with E-state index in [2.05, 4.69) is 21.2 Å². The third-order valence-corrected chi connectivity index (χ3v) is 2.55. The molecule has 0 unspecified atom stereocenters. The van der Waals surface area contributed by atoms with Crippen molar-refractivity contribution < 1.29 is 9.59 Å². The molecule has 4 heteroatoms. The molecule has 0 saturated heterocycles. The van der Waals surface area contributed by atoms with Gasteiger partial charge < -0.3 is 5.32 Å². The summed E-state index contributed by atoms with van der Waals surface area (Å²) in [5.74, 6) is -0.347. The Hall–Kier alpha value is -0.640. The Labute approximate surface area is 79.3 Å². The number of Topliss-reactive ketones (excluding diaryl/α,β-unsaturated/α-hetero) is 1. The van der Waals surface area contributed by atoms with Gasteiger partial charge in [0.25, 0.3) is 0 Å². The average Bonchev–Trinajstić information content (AvgIpc) is 2.02. The summed E-state index contributed by atoms with van der Waals surface area (Å²) in [6.07, 6.45) is 1.46. The lowest BCUT2D eigenvalue weighted by atomic mass is 9.82. The third-order valence-electron chi connectivity index (χ3n) is 1.95. The lowest BCUT2D eigenvalue weighted by Crippen LogP contribution is -2.45. The Kier molecular flexibility index (Phi) is 2.37. The highest BCUT2D eigenvalue weighted by Crippen LogP contribution is 2.25. The summed E-state index contributed by atoms with van der Waals surface area (Å²) in [4.78, 5) is 22.7. The molecular weight excluding hydrogens is 222 g/mol. The van der Waals surface area contributed by atoms with Gasteiger partial charge in [0, 0.05) is 17.1 Å². The van der Waals surface area contributed by atoms with Crippen LogP contribution < -0.4 is 5.32 Å². The smallest absolute Gasteiger partial charge is 0.237 e. The van der Waals surface area contributed by atoms with E-state index in [0.29, 0.717) is 10.9 Å². The molecule has 66 valence electrons. The van der Waals surface area contributed by atoms with Gasteiger partial charge in [-0.15, -0.1) is 0 Å². The number of hydrogen-bond donors (Lipinski definition) is 1. The van der Waals surface area contributed by atoms with Crippen molar-refractivity contribution in [3.63, 3.8) is 0 Å². The Morgan fingerprint density at radius 3 is 2.58 bits per heavy atom. The van der Waals surface area contributed by atoms with Gasteiger partial charge in [-0.1, -0.05) is 15.9 Å². The lowest BCUT2D eigenvalue weighted by molar-refractivity contribution is -0.138. The number of carbonyl (C=O) groups excluding carboxylic acids is 2. The van der Waals surface area contributed by atoms with Gasteiger partial charge in [-0.05, 0) is 13.8 Å². The highest BCUT2D eigenvalue weighted by molar-refractivity contribution is 9.09. The van der Waals surface area contributed by atoms with Crippen molar-refractivity contribution in [3.05, 3.63) is 11.8 Å². The molecule has 1 aliphatic heterocycles. The molecule has 3 nitrogen and oxygen atoms in total. The first-order valence-corrected chi connectivity index (χ1v) is 4.73. The number of ketones is 1. The van der Waals surface area contributed by atoms with Crippen molar-refractivity contribution in [2.75, 3.05) is 5.33 Å². The van der Waals surface area contributed by atoms with E-state index >= 15 is 0 Å². The van der Waals surface area contributed by atoms with E-state index in [4.69, 9.17) is 0 Å². The maximum Gasteiger partial charge on any atom is 0.237 e. The summed E-state index contributed by atoms with van der Waals surface area (Å²) in [7, 11) is 0. The van der Waals surface area contributed by atoms with Gasteiger partial charge in [-0.25, -0.2) is 0 Å². The Balaban J connectivity index is 3.04. The van der Waals surface area contributed by atoms with Crippen LogP contribution in [0.25, 0.3) is 0 Å². The fourth-order valence-electron chi connectivity index (χ4n) is 1.00. The van der Waals surface area contributed by atoms with Crippen LogP contribution in [0.2, 0.25) is 0 Å². The van der Waals surface area contributed by atoms with Gasteiger partial charge in [0.15, 0.2) is 5.78 Å². The monoisotopic (exact) mass is 231 g/mol. The van der Waals surface area contributed by atoms with Gasteiger partial charge in [-0.3, -0.25) is 9.59 Å². The first kappa shape index (κ1) is 9.45. The number of allylic oxidation sites excluding steroid dienone is 1. The quantitative estimate of drug-likeness (QED) is 0.541. The minimum absolute atomic E-state index is 0.108. The van der Waals surface area contributed by atoms with E-state index in [0.717, 1.165) is 0 Å². The molecule has 0 bridgehead atoms. The van der Waals surface area contributed by atoms with Crippen molar-refractivity contribution in [1.29, 1.82) is 0 Å². The van der Waals surface area contributed by atoms with E-state index in [9.17, 15) is 9.59 Å². The van der Waals surface area contributed by atoms with Crippen molar-refractivity contribution in [2.45, 2.75) is 13.8 Å².